The lowest BCUT2D eigenvalue weighted by Gasteiger charge is -2.31. The fourth-order valence-corrected chi connectivity index (χ4v) is 4.69. The van der Waals surface area contributed by atoms with Crippen molar-refractivity contribution < 1.29 is 14.3 Å². The zero-order valence-corrected chi connectivity index (χ0v) is 16.9. The van der Waals surface area contributed by atoms with Crippen LogP contribution in [-0.2, 0) is 20.7 Å². The molecule has 1 amide bonds. The van der Waals surface area contributed by atoms with Crippen molar-refractivity contribution in [2.75, 3.05) is 25.4 Å². The van der Waals surface area contributed by atoms with Gasteiger partial charge in [0.1, 0.15) is 5.82 Å². The number of nitrogens with zero attached hydrogens (tertiary/aromatic N) is 3. The molecule has 0 bridgehead atoms. The van der Waals surface area contributed by atoms with E-state index in [2.05, 4.69) is 15.2 Å². The predicted octanol–water partition coefficient (Wildman–Crippen LogP) is 2.82. The molecule has 0 spiro atoms. The number of hydrogen-bond acceptors (Lipinski definition) is 6. The summed E-state index contributed by atoms with van der Waals surface area (Å²) in [5.74, 6) is 1.69. The third-order valence-corrected chi connectivity index (χ3v) is 6.33. The number of likely N-dealkylation sites (tertiary alicyclic amines) is 1. The fraction of sp³-hybridized carbons (Fsp3) is 0.789. The molecular formula is C19H30N4O3S. The van der Waals surface area contributed by atoms with Crippen LogP contribution in [-0.4, -0.2) is 57.4 Å². The molecule has 1 aliphatic heterocycles. The molecule has 2 heterocycles. The minimum Gasteiger partial charge on any atom is -0.466 e. The van der Waals surface area contributed by atoms with Gasteiger partial charge in [-0.2, -0.15) is 0 Å². The molecule has 7 nitrogen and oxygen atoms in total. The first-order valence-corrected chi connectivity index (χ1v) is 11.1. The number of aryl methyl sites for hydroxylation is 1. The molecule has 1 saturated carbocycles. The van der Waals surface area contributed by atoms with E-state index in [1.807, 2.05) is 0 Å². The van der Waals surface area contributed by atoms with Crippen LogP contribution >= 0.6 is 11.8 Å². The number of aromatic nitrogens is 3. The standard InChI is InChI=1S/C19H30N4O3S/c1-2-26-18(25)15-8-5-11-23(12-15)17(24)13-27-19-20-16(21-22-19)10-9-14-6-3-4-7-14/h14-15H,2-13H2,1H3,(H,20,21,22)/t15-/m1/s1. The molecule has 0 unspecified atom stereocenters. The number of rotatable bonds is 8. The van der Waals surface area contributed by atoms with E-state index in [-0.39, 0.29) is 17.8 Å². The molecule has 3 rings (SSSR count). The quantitative estimate of drug-likeness (QED) is 0.539. The number of esters is 1. The molecule has 1 aromatic rings. The summed E-state index contributed by atoms with van der Waals surface area (Å²) in [5, 5.41) is 7.86. The Morgan fingerprint density at radius 3 is 2.85 bits per heavy atom. The first-order chi connectivity index (χ1) is 13.2. The van der Waals surface area contributed by atoms with Crippen LogP contribution in [0.5, 0.6) is 0 Å². The third-order valence-electron chi connectivity index (χ3n) is 5.49. The van der Waals surface area contributed by atoms with Gasteiger partial charge in [-0.3, -0.25) is 14.7 Å². The van der Waals surface area contributed by atoms with Crippen molar-refractivity contribution >= 4 is 23.6 Å². The summed E-state index contributed by atoms with van der Waals surface area (Å²) in [6, 6.07) is 0. The first-order valence-electron chi connectivity index (χ1n) is 10.1. The number of thioether (sulfide) groups is 1. The smallest absolute Gasteiger partial charge is 0.310 e. The monoisotopic (exact) mass is 394 g/mol. The molecule has 150 valence electrons. The first kappa shape index (κ1) is 20.2. The summed E-state index contributed by atoms with van der Waals surface area (Å²) >= 11 is 1.36. The molecule has 0 aromatic carbocycles. The van der Waals surface area contributed by atoms with Crippen molar-refractivity contribution in [3.05, 3.63) is 5.82 Å². The lowest BCUT2D eigenvalue weighted by molar-refractivity contribution is -0.151. The van der Waals surface area contributed by atoms with Crippen LogP contribution in [0.1, 0.15) is 57.7 Å². The van der Waals surface area contributed by atoms with E-state index in [4.69, 9.17) is 4.74 Å². The topological polar surface area (TPSA) is 88.2 Å². The minimum atomic E-state index is -0.196. The second kappa shape index (κ2) is 10.1. The van der Waals surface area contributed by atoms with E-state index >= 15 is 0 Å². The summed E-state index contributed by atoms with van der Waals surface area (Å²) in [5.41, 5.74) is 0. The van der Waals surface area contributed by atoms with Crippen molar-refractivity contribution in [2.24, 2.45) is 11.8 Å². The number of ether oxygens (including phenoxy) is 1. The molecule has 1 N–H and O–H groups in total. The van der Waals surface area contributed by atoms with Gasteiger partial charge in [0, 0.05) is 19.5 Å². The predicted molar refractivity (Wildman–Crippen MR) is 103 cm³/mol. The average molecular weight is 395 g/mol. The van der Waals surface area contributed by atoms with Crippen LogP contribution in [0.25, 0.3) is 0 Å². The fourth-order valence-electron chi connectivity index (χ4n) is 3.97. The van der Waals surface area contributed by atoms with Crippen LogP contribution in [0.2, 0.25) is 0 Å². The van der Waals surface area contributed by atoms with Gasteiger partial charge in [0.2, 0.25) is 11.1 Å². The maximum absolute atomic E-state index is 12.5. The number of hydrogen-bond donors (Lipinski definition) is 1. The molecule has 1 aromatic heterocycles. The highest BCUT2D eigenvalue weighted by atomic mass is 32.2. The summed E-state index contributed by atoms with van der Waals surface area (Å²) in [6.45, 7) is 3.35. The highest BCUT2D eigenvalue weighted by Gasteiger charge is 2.29. The third kappa shape index (κ3) is 5.96. The molecule has 0 radical (unpaired) electrons. The maximum atomic E-state index is 12.5. The van der Waals surface area contributed by atoms with Crippen LogP contribution in [0.4, 0.5) is 0 Å². The van der Waals surface area contributed by atoms with Crippen LogP contribution < -0.4 is 0 Å². The number of aromatic amines is 1. The van der Waals surface area contributed by atoms with Gasteiger partial charge in [0.15, 0.2) is 0 Å². The molecule has 1 aliphatic carbocycles. The number of piperidine rings is 1. The van der Waals surface area contributed by atoms with E-state index in [1.54, 1.807) is 11.8 Å². The number of amides is 1. The average Bonchev–Trinajstić information content (AvgIpc) is 3.36. The number of H-pyrrole nitrogens is 1. The number of nitrogens with one attached hydrogen (secondary N) is 1. The van der Waals surface area contributed by atoms with Crippen molar-refractivity contribution in [3.8, 4) is 0 Å². The van der Waals surface area contributed by atoms with Crippen molar-refractivity contribution in [3.63, 3.8) is 0 Å². The maximum Gasteiger partial charge on any atom is 0.310 e. The Kier molecular flexibility index (Phi) is 7.55. The largest absolute Gasteiger partial charge is 0.466 e. The Hall–Kier alpha value is -1.57. The van der Waals surface area contributed by atoms with E-state index < -0.39 is 0 Å². The van der Waals surface area contributed by atoms with E-state index in [1.165, 1.54) is 43.9 Å². The van der Waals surface area contributed by atoms with Crippen molar-refractivity contribution in [1.29, 1.82) is 0 Å². The van der Waals surface area contributed by atoms with Gasteiger partial charge in [0.25, 0.3) is 0 Å². The zero-order chi connectivity index (χ0) is 19.1. The van der Waals surface area contributed by atoms with E-state index in [0.717, 1.165) is 31.0 Å². The highest BCUT2D eigenvalue weighted by Crippen LogP contribution is 2.28. The van der Waals surface area contributed by atoms with Gasteiger partial charge in [-0.1, -0.05) is 37.4 Å². The lowest BCUT2D eigenvalue weighted by atomic mass is 9.98. The molecule has 8 heteroatoms. The molecule has 2 aliphatic rings. The number of carbonyl (C=O) groups excluding carboxylic acids is 2. The Morgan fingerprint density at radius 2 is 2.07 bits per heavy atom. The Balaban J connectivity index is 1.41. The molecule has 2 fully saturated rings. The second-order valence-corrected chi connectivity index (χ2v) is 8.42. The molecule has 1 saturated heterocycles. The summed E-state index contributed by atoms with van der Waals surface area (Å²) in [4.78, 5) is 30.7. The Bertz CT molecular complexity index is 630. The van der Waals surface area contributed by atoms with Gasteiger partial charge in [0.05, 0.1) is 18.3 Å². The summed E-state index contributed by atoms with van der Waals surface area (Å²) in [7, 11) is 0. The van der Waals surface area contributed by atoms with E-state index in [9.17, 15) is 9.59 Å². The van der Waals surface area contributed by atoms with Crippen LogP contribution in [0.15, 0.2) is 5.16 Å². The van der Waals surface area contributed by atoms with Gasteiger partial charge in [-0.05, 0) is 32.1 Å². The van der Waals surface area contributed by atoms with Crippen molar-refractivity contribution in [2.45, 2.75) is 63.4 Å². The van der Waals surface area contributed by atoms with Gasteiger partial charge in [-0.15, -0.1) is 5.10 Å². The van der Waals surface area contributed by atoms with Crippen LogP contribution in [0.3, 0.4) is 0 Å². The summed E-state index contributed by atoms with van der Waals surface area (Å²) in [6.07, 6.45) is 9.13. The van der Waals surface area contributed by atoms with Crippen LogP contribution in [0, 0.1) is 11.8 Å². The van der Waals surface area contributed by atoms with Gasteiger partial charge in [-0.25, -0.2) is 4.98 Å². The SMILES string of the molecule is CCOC(=O)[C@@H]1CCCN(C(=O)CSc2n[nH]c(CCC3CCCC3)n2)C1. The minimum absolute atomic E-state index is 0.0336. The van der Waals surface area contributed by atoms with Gasteiger partial charge >= 0.3 is 5.97 Å². The summed E-state index contributed by atoms with van der Waals surface area (Å²) < 4.78 is 5.09. The lowest BCUT2D eigenvalue weighted by Crippen LogP contribution is -2.43. The molecule has 1 atom stereocenters. The van der Waals surface area contributed by atoms with Crippen molar-refractivity contribution in [1.82, 2.24) is 20.1 Å². The normalized spacial score (nSPS) is 20.8. The zero-order valence-electron chi connectivity index (χ0n) is 16.1. The van der Waals surface area contributed by atoms with Gasteiger partial charge < -0.3 is 9.64 Å². The second-order valence-electron chi connectivity index (χ2n) is 7.47. The Morgan fingerprint density at radius 1 is 1.26 bits per heavy atom. The highest BCUT2D eigenvalue weighted by molar-refractivity contribution is 7.99. The number of carbonyl (C=O) groups is 2. The molecular weight excluding hydrogens is 364 g/mol. The molecule has 27 heavy (non-hydrogen) atoms. The van der Waals surface area contributed by atoms with E-state index in [0.29, 0.717) is 30.6 Å². The Labute approximate surface area is 165 Å².